The normalized spacial score (nSPS) is 21.5. The van der Waals surface area contributed by atoms with Crippen LogP contribution in [0.3, 0.4) is 0 Å². The van der Waals surface area contributed by atoms with Crippen molar-refractivity contribution in [3.8, 4) is 5.75 Å². The maximum Gasteiger partial charge on any atom is 0.225 e. The topological polar surface area (TPSA) is 55.4 Å². The highest BCUT2D eigenvalue weighted by molar-refractivity contribution is 6.30. The highest BCUT2D eigenvalue weighted by Gasteiger charge is 2.38. The summed E-state index contributed by atoms with van der Waals surface area (Å²) in [7, 11) is 0. The van der Waals surface area contributed by atoms with Crippen molar-refractivity contribution < 1.29 is 14.3 Å². The monoisotopic (exact) mass is 423 g/mol. The summed E-state index contributed by atoms with van der Waals surface area (Å²) < 4.78 is 5.76. The van der Waals surface area contributed by atoms with Crippen molar-refractivity contribution in [1.82, 2.24) is 5.32 Å². The molecule has 2 aromatic carbocycles. The van der Waals surface area contributed by atoms with Gasteiger partial charge in [0.1, 0.15) is 5.75 Å². The summed E-state index contributed by atoms with van der Waals surface area (Å²) in [4.78, 5) is 25.6. The van der Waals surface area contributed by atoms with Crippen molar-refractivity contribution >= 4 is 23.3 Å². The average Bonchev–Trinajstić information content (AvgIpc) is 2.71. The predicted octanol–water partition coefficient (Wildman–Crippen LogP) is 5.38. The van der Waals surface area contributed by atoms with E-state index >= 15 is 0 Å². The Kier molecular flexibility index (Phi) is 5.96. The van der Waals surface area contributed by atoms with E-state index in [2.05, 4.69) is 19.2 Å². The van der Waals surface area contributed by atoms with Gasteiger partial charge in [0, 0.05) is 35.1 Å². The van der Waals surface area contributed by atoms with Crippen molar-refractivity contribution in [3.05, 3.63) is 76.0 Å². The highest BCUT2D eigenvalue weighted by Crippen LogP contribution is 2.43. The number of ketones is 1. The van der Waals surface area contributed by atoms with Crippen molar-refractivity contribution in [2.45, 2.75) is 44.9 Å². The first kappa shape index (κ1) is 20.7. The minimum Gasteiger partial charge on any atom is -0.493 e. The summed E-state index contributed by atoms with van der Waals surface area (Å²) in [5.41, 5.74) is 3.51. The fraction of sp³-hybridized carbons (Fsp3) is 0.360. The molecule has 0 spiro atoms. The summed E-state index contributed by atoms with van der Waals surface area (Å²) in [5.74, 6) is 1.17. The molecule has 2 aromatic rings. The van der Waals surface area contributed by atoms with Crippen LogP contribution >= 0.6 is 11.6 Å². The van der Waals surface area contributed by atoms with E-state index in [9.17, 15) is 9.59 Å². The molecule has 1 heterocycles. The van der Waals surface area contributed by atoms with Crippen molar-refractivity contribution in [1.29, 1.82) is 0 Å². The van der Waals surface area contributed by atoms with E-state index < -0.39 is 0 Å². The molecule has 156 valence electrons. The maximum atomic E-state index is 13.2. The van der Waals surface area contributed by atoms with E-state index in [4.69, 9.17) is 16.3 Å². The Balaban J connectivity index is 1.58. The number of amides is 1. The highest BCUT2D eigenvalue weighted by atomic mass is 35.5. The van der Waals surface area contributed by atoms with Gasteiger partial charge < -0.3 is 10.1 Å². The molecule has 1 N–H and O–H groups in total. The van der Waals surface area contributed by atoms with E-state index in [0.717, 1.165) is 28.1 Å². The molecule has 2 unspecified atom stereocenters. The van der Waals surface area contributed by atoms with Crippen LogP contribution in [-0.4, -0.2) is 18.3 Å². The van der Waals surface area contributed by atoms with E-state index in [1.807, 2.05) is 42.5 Å². The molecule has 0 saturated carbocycles. The van der Waals surface area contributed by atoms with E-state index in [0.29, 0.717) is 30.4 Å². The first-order valence-electron chi connectivity index (χ1n) is 10.4. The molecule has 5 heteroatoms. The largest absolute Gasteiger partial charge is 0.493 e. The second kappa shape index (κ2) is 8.65. The molecular weight excluding hydrogens is 398 g/mol. The Morgan fingerprint density at radius 3 is 2.50 bits per heavy atom. The number of hydrogen-bond donors (Lipinski definition) is 1. The van der Waals surface area contributed by atoms with Crippen molar-refractivity contribution in [3.63, 3.8) is 0 Å². The van der Waals surface area contributed by atoms with Gasteiger partial charge in [-0.3, -0.25) is 9.59 Å². The number of nitrogens with one attached hydrogen (secondary N) is 1. The molecule has 1 aliphatic carbocycles. The Labute approximate surface area is 182 Å². The zero-order valence-electron chi connectivity index (χ0n) is 17.3. The molecule has 4 rings (SSSR count). The van der Waals surface area contributed by atoms with Gasteiger partial charge >= 0.3 is 0 Å². The van der Waals surface area contributed by atoms with E-state index in [1.165, 1.54) is 0 Å². The number of carbonyl (C=O) groups is 2. The van der Waals surface area contributed by atoms with Gasteiger partial charge in [-0.25, -0.2) is 0 Å². The van der Waals surface area contributed by atoms with Crippen LogP contribution in [0.25, 0.3) is 0 Å². The SMILES string of the molecule is CC(C)COc1ccc(C2CC(=O)C3=C(C2)NC(=O)CC3c2cccc(Cl)c2)cc1. The molecule has 0 fully saturated rings. The number of Topliss-reactive ketones (excluding diaryl/α,β-unsaturated/α-hetero) is 1. The Morgan fingerprint density at radius 2 is 1.80 bits per heavy atom. The number of carbonyl (C=O) groups excluding carboxylic acids is 2. The standard InChI is InChI=1S/C25H26ClNO3/c1-15(2)14-30-20-8-6-16(7-9-20)18-11-22-25(23(28)12-18)21(13-24(29)27-22)17-4-3-5-19(26)10-17/h3-10,15,18,21H,11-14H2,1-2H3,(H,27,29). The summed E-state index contributed by atoms with van der Waals surface area (Å²) in [6, 6.07) is 15.4. The first-order valence-corrected chi connectivity index (χ1v) is 10.8. The Bertz CT molecular complexity index is 994. The third kappa shape index (κ3) is 4.44. The predicted molar refractivity (Wildman–Crippen MR) is 118 cm³/mol. The Hall–Kier alpha value is -2.59. The van der Waals surface area contributed by atoms with Crippen LogP contribution in [0.2, 0.25) is 5.02 Å². The molecule has 0 saturated heterocycles. The van der Waals surface area contributed by atoms with Crippen LogP contribution in [0, 0.1) is 5.92 Å². The molecule has 4 nitrogen and oxygen atoms in total. The van der Waals surface area contributed by atoms with E-state index in [1.54, 1.807) is 6.07 Å². The zero-order valence-corrected chi connectivity index (χ0v) is 18.0. The molecule has 1 amide bonds. The minimum absolute atomic E-state index is 0.0498. The lowest BCUT2D eigenvalue weighted by Crippen LogP contribution is -2.38. The van der Waals surface area contributed by atoms with Crippen LogP contribution < -0.4 is 10.1 Å². The van der Waals surface area contributed by atoms with Crippen molar-refractivity contribution in [2.75, 3.05) is 6.61 Å². The van der Waals surface area contributed by atoms with Gasteiger partial charge in [0.15, 0.2) is 5.78 Å². The van der Waals surface area contributed by atoms with Gasteiger partial charge in [0.05, 0.1) is 6.61 Å². The van der Waals surface area contributed by atoms with Crippen molar-refractivity contribution in [2.24, 2.45) is 5.92 Å². The number of ether oxygens (including phenoxy) is 1. The molecule has 2 atom stereocenters. The maximum absolute atomic E-state index is 13.2. The second-order valence-electron chi connectivity index (χ2n) is 8.55. The van der Waals surface area contributed by atoms with Gasteiger partial charge in [-0.2, -0.15) is 0 Å². The molecule has 1 aliphatic heterocycles. The number of halogens is 1. The summed E-state index contributed by atoms with van der Waals surface area (Å²) in [6.45, 7) is 4.90. The zero-order chi connectivity index (χ0) is 21.3. The van der Waals surface area contributed by atoms with E-state index in [-0.39, 0.29) is 29.9 Å². The van der Waals surface area contributed by atoms with Gasteiger partial charge in [-0.1, -0.05) is 49.7 Å². The third-order valence-corrected chi connectivity index (χ3v) is 5.96. The van der Waals surface area contributed by atoms with Crippen LogP contribution in [0.5, 0.6) is 5.75 Å². The molecular formula is C25H26ClNO3. The molecule has 0 bridgehead atoms. The quantitative estimate of drug-likeness (QED) is 0.702. The lowest BCUT2D eigenvalue weighted by molar-refractivity contribution is -0.122. The number of benzene rings is 2. The van der Waals surface area contributed by atoms with Crippen LogP contribution in [0.1, 0.15) is 56.1 Å². The number of rotatable bonds is 5. The summed E-state index contributed by atoms with van der Waals surface area (Å²) in [5, 5.41) is 3.58. The van der Waals surface area contributed by atoms with Crippen LogP contribution in [-0.2, 0) is 9.59 Å². The smallest absolute Gasteiger partial charge is 0.225 e. The average molecular weight is 424 g/mol. The minimum atomic E-state index is -0.229. The first-order chi connectivity index (χ1) is 14.4. The fourth-order valence-electron chi connectivity index (χ4n) is 4.30. The third-order valence-electron chi connectivity index (χ3n) is 5.72. The Morgan fingerprint density at radius 1 is 1.03 bits per heavy atom. The molecule has 0 radical (unpaired) electrons. The van der Waals surface area contributed by atoms with Crippen LogP contribution in [0.4, 0.5) is 0 Å². The van der Waals surface area contributed by atoms with Gasteiger partial charge in [0.2, 0.25) is 5.91 Å². The fourth-order valence-corrected chi connectivity index (χ4v) is 4.50. The summed E-state index contributed by atoms with van der Waals surface area (Å²) in [6.07, 6.45) is 1.37. The number of allylic oxidation sites excluding steroid dienone is 2. The summed E-state index contributed by atoms with van der Waals surface area (Å²) >= 11 is 6.16. The number of hydrogen-bond acceptors (Lipinski definition) is 3. The van der Waals surface area contributed by atoms with Gasteiger partial charge in [-0.15, -0.1) is 0 Å². The molecule has 2 aliphatic rings. The lowest BCUT2D eigenvalue weighted by atomic mass is 9.73. The van der Waals surface area contributed by atoms with Gasteiger partial charge in [0.25, 0.3) is 0 Å². The molecule has 30 heavy (non-hydrogen) atoms. The second-order valence-corrected chi connectivity index (χ2v) is 8.99. The molecule has 0 aromatic heterocycles. The van der Waals surface area contributed by atoms with Gasteiger partial charge in [-0.05, 0) is 53.6 Å². The van der Waals surface area contributed by atoms with Crippen LogP contribution in [0.15, 0.2) is 59.8 Å². The lowest BCUT2D eigenvalue weighted by Gasteiger charge is -2.34.